The van der Waals surface area contributed by atoms with Crippen LogP contribution in [0, 0.1) is 18.7 Å². The Morgan fingerprint density at radius 3 is 2.68 bits per heavy atom. The summed E-state index contributed by atoms with van der Waals surface area (Å²) >= 11 is 7.61. The third kappa shape index (κ3) is 2.68. The minimum Gasteiger partial charge on any atom is -0.346 e. The molecule has 5 rings (SSSR count). The number of carbonyl (C=O) groups is 1. The van der Waals surface area contributed by atoms with Gasteiger partial charge >= 0.3 is 0 Å². The van der Waals surface area contributed by atoms with Crippen LogP contribution in [-0.4, -0.2) is 35.5 Å². The van der Waals surface area contributed by atoms with E-state index < -0.39 is 0 Å². The number of thiophene rings is 1. The number of hydrogen-bond acceptors (Lipinski definition) is 3. The lowest BCUT2D eigenvalue weighted by Crippen LogP contribution is -2.69. The van der Waals surface area contributed by atoms with E-state index in [2.05, 4.69) is 24.1 Å². The van der Waals surface area contributed by atoms with Gasteiger partial charge in [-0.1, -0.05) is 11.6 Å². The van der Waals surface area contributed by atoms with Crippen molar-refractivity contribution >= 4 is 38.9 Å². The Morgan fingerprint density at radius 1 is 1.36 bits per heavy atom. The van der Waals surface area contributed by atoms with Crippen molar-refractivity contribution in [2.45, 2.75) is 45.2 Å². The number of rotatable bonds is 2. The zero-order chi connectivity index (χ0) is 17.9. The molecule has 25 heavy (non-hydrogen) atoms. The molecular formula is C19H22ClFN2OS. The van der Waals surface area contributed by atoms with E-state index in [1.54, 1.807) is 13.0 Å². The second-order valence-electron chi connectivity index (χ2n) is 7.76. The number of amides is 1. The van der Waals surface area contributed by atoms with E-state index in [9.17, 15) is 9.18 Å². The van der Waals surface area contributed by atoms with E-state index >= 15 is 0 Å². The Balaban J connectivity index is 1.63. The summed E-state index contributed by atoms with van der Waals surface area (Å²) in [6, 6.07) is 3.35. The fourth-order valence-electron chi connectivity index (χ4n) is 4.41. The lowest BCUT2D eigenvalue weighted by atomic mass is 9.72. The highest BCUT2D eigenvalue weighted by molar-refractivity contribution is 7.21. The first-order valence-electron chi connectivity index (χ1n) is 8.73. The molecule has 1 aromatic carbocycles. The van der Waals surface area contributed by atoms with Gasteiger partial charge in [0, 0.05) is 17.1 Å². The van der Waals surface area contributed by atoms with Crippen molar-refractivity contribution in [1.29, 1.82) is 0 Å². The lowest BCUT2D eigenvalue weighted by Gasteiger charge is -2.56. The van der Waals surface area contributed by atoms with Crippen molar-refractivity contribution in [3.8, 4) is 0 Å². The zero-order valence-corrected chi connectivity index (χ0v) is 16.2. The Kier molecular flexibility index (Phi) is 4.09. The Labute approximate surface area is 156 Å². The average molecular weight is 381 g/mol. The molecule has 1 N–H and O–H groups in total. The Hall–Kier alpha value is -1.17. The van der Waals surface area contributed by atoms with Crippen molar-refractivity contribution in [2.75, 3.05) is 13.1 Å². The molecule has 1 aromatic heterocycles. The smallest absolute Gasteiger partial charge is 0.261 e. The van der Waals surface area contributed by atoms with Crippen LogP contribution in [0.2, 0.25) is 5.02 Å². The monoisotopic (exact) mass is 380 g/mol. The maximum Gasteiger partial charge on any atom is 0.261 e. The molecule has 3 aliphatic heterocycles. The van der Waals surface area contributed by atoms with Gasteiger partial charge in [-0.3, -0.25) is 9.69 Å². The number of halogens is 2. The van der Waals surface area contributed by atoms with E-state index in [0.717, 1.165) is 30.6 Å². The molecule has 0 unspecified atom stereocenters. The van der Waals surface area contributed by atoms with Crippen molar-refractivity contribution in [3.05, 3.63) is 33.4 Å². The van der Waals surface area contributed by atoms with Gasteiger partial charge in [-0.05, 0) is 70.1 Å². The number of carbonyl (C=O) groups excluding carboxylic acids is 1. The van der Waals surface area contributed by atoms with Crippen LogP contribution in [0.4, 0.5) is 4.39 Å². The topological polar surface area (TPSA) is 32.3 Å². The number of piperidine rings is 3. The first-order valence-corrected chi connectivity index (χ1v) is 9.92. The van der Waals surface area contributed by atoms with E-state index in [1.165, 1.54) is 17.4 Å². The summed E-state index contributed by atoms with van der Waals surface area (Å²) in [5.74, 6) is 0.115. The minimum atomic E-state index is -0.333. The van der Waals surface area contributed by atoms with Crippen molar-refractivity contribution in [2.24, 2.45) is 5.92 Å². The van der Waals surface area contributed by atoms with Gasteiger partial charge < -0.3 is 5.32 Å². The van der Waals surface area contributed by atoms with Crippen LogP contribution in [0.25, 0.3) is 10.1 Å². The molecule has 134 valence electrons. The maximum atomic E-state index is 13.9. The van der Waals surface area contributed by atoms with Crippen LogP contribution >= 0.6 is 22.9 Å². The summed E-state index contributed by atoms with van der Waals surface area (Å²) in [4.78, 5) is 15.9. The SMILES string of the molecule is Cc1c(F)cc2cc(C(=O)N[C@@H]3C4CCN(CC4)C3(C)C)sc2c1Cl. The van der Waals surface area contributed by atoms with Crippen LogP contribution in [0.3, 0.4) is 0 Å². The lowest BCUT2D eigenvalue weighted by molar-refractivity contribution is -0.0377. The van der Waals surface area contributed by atoms with Gasteiger partial charge in [0.2, 0.25) is 0 Å². The van der Waals surface area contributed by atoms with Crippen LogP contribution in [0.15, 0.2) is 12.1 Å². The number of nitrogens with zero attached hydrogens (tertiary/aromatic N) is 1. The van der Waals surface area contributed by atoms with E-state index in [4.69, 9.17) is 11.6 Å². The summed E-state index contributed by atoms with van der Waals surface area (Å²) < 4.78 is 14.7. The number of hydrogen-bond donors (Lipinski definition) is 1. The highest BCUT2D eigenvalue weighted by Crippen LogP contribution is 2.40. The number of nitrogens with one attached hydrogen (secondary N) is 1. The normalized spacial score (nSPS) is 27.6. The summed E-state index contributed by atoms with van der Waals surface area (Å²) in [5, 5.41) is 4.36. The third-order valence-corrected chi connectivity index (χ3v) is 7.78. The quantitative estimate of drug-likeness (QED) is 0.825. The van der Waals surface area contributed by atoms with Crippen molar-refractivity contribution in [1.82, 2.24) is 10.2 Å². The Bertz CT molecular complexity index is 855. The molecule has 1 atom stereocenters. The average Bonchev–Trinajstić information content (AvgIpc) is 3.00. The molecule has 3 aliphatic rings. The van der Waals surface area contributed by atoms with E-state index in [0.29, 0.717) is 26.8 Å². The molecule has 0 saturated carbocycles. The van der Waals surface area contributed by atoms with Crippen LogP contribution < -0.4 is 5.32 Å². The number of benzene rings is 1. The largest absolute Gasteiger partial charge is 0.346 e. The zero-order valence-electron chi connectivity index (χ0n) is 14.7. The molecule has 3 saturated heterocycles. The highest BCUT2D eigenvalue weighted by atomic mass is 35.5. The summed E-state index contributed by atoms with van der Waals surface area (Å²) in [6.07, 6.45) is 2.27. The van der Waals surface area contributed by atoms with Gasteiger partial charge in [0.05, 0.1) is 14.6 Å². The summed E-state index contributed by atoms with van der Waals surface area (Å²) in [7, 11) is 0. The first kappa shape index (κ1) is 17.3. The fraction of sp³-hybridized carbons (Fsp3) is 0.526. The summed E-state index contributed by atoms with van der Waals surface area (Å²) in [6.45, 7) is 8.31. The van der Waals surface area contributed by atoms with Crippen LogP contribution in [-0.2, 0) is 0 Å². The van der Waals surface area contributed by atoms with Crippen molar-refractivity contribution in [3.63, 3.8) is 0 Å². The minimum absolute atomic E-state index is 0.0339. The van der Waals surface area contributed by atoms with Gasteiger partial charge in [0.25, 0.3) is 5.91 Å². The molecule has 2 bridgehead atoms. The predicted molar refractivity (Wildman–Crippen MR) is 101 cm³/mol. The van der Waals surface area contributed by atoms with Crippen LogP contribution in [0.5, 0.6) is 0 Å². The second kappa shape index (κ2) is 5.93. The molecule has 0 radical (unpaired) electrons. The van der Waals surface area contributed by atoms with E-state index in [1.807, 2.05) is 0 Å². The third-order valence-electron chi connectivity index (χ3n) is 6.03. The second-order valence-corrected chi connectivity index (χ2v) is 9.19. The fourth-order valence-corrected chi connectivity index (χ4v) is 5.76. The first-order chi connectivity index (χ1) is 11.8. The van der Waals surface area contributed by atoms with Crippen molar-refractivity contribution < 1.29 is 9.18 Å². The Morgan fingerprint density at radius 2 is 2.04 bits per heavy atom. The van der Waals surface area contributed by atoms with Gasteiger partial charge in [0.15, 0.2) is 0 Å². The molecule has 0 spiro atoms. The van der Waals surface area contributed by atoms with Gasteiger partial charge in [-0.2, -0.15) is 0 Å². The summed E-state index contributed by atoms with van der Waals surface area (Å²) in [5.41, 5.74) is 0.398. The number of fused-ring (bicyclic) bond motifs is 4. The molecular weight excluding hydrogens is 359 g/mol. The van der Waals surface area contributed by atoms with Gasteiger partial charge in [-0.15, -0.1) is 11.3 Å². The molecule has 2 aromatic rings. The molecule has 0 aliphatic carbocycles. The van der Waals surface area contributed by atoms with Gasteiger partial charge in [-0.25, -0.2) is 4.39 Å². The molecule has 6 heteroatoms. The molecule has 4 heterocycles. The predicted octanol–water partition coefficient (Wildman–Crippen LogP) is 4.60. The highest BCUT2D eigenvalue weighted by Gasteiger charge is 2.48. The molecule has 1 amide bonds. The molecule has 3 fully saturated rings. The van der Waals surface area contributed by atoms with E-state index in [-0.39, 0.29) is 23.3 Å². The standard InChI is InChI=1S/C19H22ClFN2OS/c1-10-13(21)8-12-9-14(25-16(12)15(10)20)18(24)22-17-11-4-6-23(7-5-11)19(17,2)3/h8-9,11,17H,4-7H2,1-3H3,(H,22,24)/t17-/m1/s1. The maximum absolute atomic E-state index is 13.9. The van der Waals surface area contributed by atoms with Gasteiger partial charge in [0.1, 0.15) is 5.82 Å². The molecule has 3 nitrogen and oxygen atoms in total. The van der Waals surface area contributed by atoms with Crippen LogP contribution in [0.1, 0.15) is 41.9 Å².